The fraction of sp³-hybridized carbons (Fsp3) is 0.375. The maximum atomic E-state index is 11.8. The van der Waals surface area contributed by atoms with Gasteiger partial charge in [-0.15, -0.1) is 11.3 Å². The lowest BCUT2D eigenvalue weighted by molar-refractivity contribution is 0.231. The topological polar surface area (TPSA) is 57.3 Å². The molecule has 116 valence electrons. The van der Waals surface area contributed by atoms with E-state index in [1.165, 1.54) is 10.4 Å². The van der Waals surface area contributed by atoms with Crippen LogP contribution in [0, 0.1) is 0 Å². The van der Waals surface area contributed by atoms with Crippen molar-refractivity contribution in [2.24, 2.45) is 0 Å². The average Bonchev–Trinajstić information content (AvgIpc) is 3.02. The van der Waals surface area contributed by atoms with Crippen LogP contribution in [0.5, 0.6) is 0 Å². The Morgan fingerprint density at radius 2 is 2.14 bits per heavy atom. The number of carbonyl (C=O) groups is 1. The van der Waals surface area contributed by atoms with Crippen molar-refractivity contribution >= 4 is 17.4 Å². The number of carbonyl (C=O) groups excluding carboxylic acids is 1. The number of rotatable bonds is 5. The Hall–Kier alpha value is -1.92. The molecule has 0 spiro atoms. The Morgan fingerprint density at radius 3 is 3.00 bits per heavy atom. The molecule has 0 aliphatic carbocycles. The van der Waals surface area contributed by atoms with Gasteiger partial charge in [-0.1, -0.05) is 0 Å². The predicted octanol–water partition coefficient (Wildman–Crippen LogP) is 2.00. The SMILES string of the molecule is O=C(NCCN1CCc2sccc2C1)NCc1ccncc1. The Kier molecular flexibility index (Phi) is 5.03. The number of fused-ring (bicyclic) bond motifs is 1. The van der Waals surface area contributed by atoms with E-state index in [0.717, 1.165) is 31.6 Å². The normalized spacial score (nSPS) is 14.4. The van der Waals surface area contributed by atoms with E-state index in [1.54, 1.807) is 12.4 Å². The van der Waals surface area contributed by atoms with E-state index in [0.29, 0.717) is 13.1 Å². The fourth-order valence-corrected chi connectivity index (χ4v) is 3.46. The van der Waals surface area contributed by atoms with Gasteiger partial charge < -0.3 is 10.6 Å². The van der Waals surface area contributed by atoms with E-state index in [9.17, 15) is 4.79 Å². The van der Waals surface area contributed by atoms with Gasteiger partial charge in [0.25, 0.3) is 0 Å². The van der Waals surface area contributed by atoms with Gasteiger partial charge in [0.1, 0.15) is 0 Å². The number of hydrogen-bond donors (Lipinski definition) is 2. The first-order chi connectivity index (χ1) is 10.8. The van der Waals surface area contributed by atoms with Crippen molar-refractivity contribution in [2.75, 3.05) is 19.6 Å². The van der Waals surface area contributed by atoms with Crippen LogP contribution in [0.25, 0.3) is 0 Å². The predicted molar refractivity (Wildman–Crippen MR) is 87.8 cm³/mol. The molecule has 2 N–H and O–H groups in total. The monoisotopic (exact) mass is 316 g/mol. The zero-order chi connectivity index (χ0) is 15.2. The molecule has 3 heterocycles. The van der Waals surface area contributed by atoms with E-state index in [4.69, 9.17) is 0 Å². The largest absolute Gasteiger partial charge is 0.337 e. The van der Waals surface area contributed by atoms with Gasteiger partial charge in [-0.3, -0.25) is 9.88 Å². The second kappa shape index (κ2) is 7.38. The highest BCUT2D eigenvalue weighted by molar-refractivity contribution is 7.10. The molecule has 2 amide bonds. The van der Waals surface area contributed by atoms with E-state index in [2.05, 4.69) is 32.0 Å². The van der Waals surface area contributed by atoms with Crippen molar-refractivity contribution in [1.29, 1.82) is 0 Å². The molecule has 2 aromatic heterocycles. The summed E-state index contributed by atoms with van der Waals surface area (Å²) >= 11 is 1.85. The summed E-state index contributed by atoms with van der Waals surface area (Å²) in [5.41, 5.74) is 2.49. The first kappa shape index (κ1) is 15.0. The average molecular weight is 316 g/mol. The summed E-state index contributed by atoms with van der Waals surface area (Å²) in [4.78, 5) is 19.6. The van der Waals surface area contributed by atoms with E-state index in [-0.39, 0.29) is 6.03 Å². The highest BCUT2D eigenvalue weighted by Crippen LogP contribution is 2.23. The first-order valence-electron chi connectivity index (χ1n) is 7.49. The molecule has 3 rings (SSSR count). The molecule has 1 aliphatic rings. The van der Waals surface area contributed by atoms with E-state index in [1.807, 2.05) is 23.5 Å². The van der Waals surface area contributed by atoms with Crippen LogP contribution in [-0.4, -0.2) is 35.5 Å². The third kappa shape index (κ3) is 4.05. The molecule has 1 aliphatic heterocycles. The van der Waals surface area contributed by atoms with E-state index < -0.39 is 0 Å². The Labute approximate surface area is 134 Å². The molecule has 5 nitrogen and oxygen atoms in total. The van der Waals surface area contributed by atoms with Gasteiger partial charge in [-0.25, -0.2) is 4.79 Å². The molecule has 0 saturated carbocycles. The molecule has 2 aromatic rings. The molecule has 0 unspecified atom stereocenters. The Bertz CT molecular complexity index is 614. The van der Waals surface area contributed by atoms with Gasteiger partial charge in [0.05, 0.1) is 0 Å². The van der Waals surface area contributed by atoms with Crippen LogP contribution < -0.4 is 10.6 Å². The zero-order valence-electron chi connectivity index (χ0n) is 12.4. The van der Waals surface area contributed by atoms with Crippen molar-refractivity contribution in [3.63, 3.8) is 0 Å². The molecule has 6 heteroatoms. The lowest BCUT2D eigenvalue weighted by Crippen LogP contribution is -2.41. The van der Waals surface area contributed by atoms with Crippen LogP contribution >= 0.6 is 11.3 Å². The van der Waals surface area contributed by atoms with E-state index >= 15 is 0 Å². The Morgan fingerprint density at radius 1 is 1.27 bits per heavy atom. The summed E-state index contributed by atoms with van der Waals surface area (Å²) in [6, 6.07) is 5.88. The lowest BCUT2D eigenvalue weighted by Gasteiger charge is -2.26. The van der Waals surface area contributed by atoms with Crippen LogP contribution in [0.1, 0.15) is 16.0 Å². The number of thiophene rings is 1. The van der Waals surface area contributed by atoms with Crippen LogP contribution in [-0.2, 0) is 19.5 Å². The van der Waals surface area contributed by atoms with Crippen molar-refractivity contribution in [1.82, 2.24) is 20.5 Å². The van der Waals surface area contributed by atoms with Gasteiger partial charge in [0.15, 0.2) is 0 Å². The molecule has 0 bridgehead atoms. The van der Waals surface area contributed by atoms with Crippen LogP contribution in [0.2, 0.25) is 0 Å². The van der Waals surface area contributed by atoms with Gasteiger partial charge in [0.2, 0.25) is 0 Å². The second-order valence-electron chi connectivity index (χ2n) is 5.36. The van der Waals surface area contributed by atoms with Gasteiger partial charge in [-0.2, -0.15) is 0 Å². The van der Waals surface area contributed by atoms with Gasteiger partial charge in [0, 0.05) is 50.0 Å². The molecule has 0 aromatic carbocycles. The van der Waals surface area contributed by atoms with Gasteiger partial charge in [-0.05, 0) is 41.1 Å². The fourth-order valence-electron chi connectivity index (χ4n) is 2.57. The highest BCUT2D eigenvalue weighted by atomic mass is 32.1. The van der Waals surface area contributed by atoms with Crippen molar-refractivity contribution < 1.29 is 4.79 Å². The number of urea groups is 1. The number of nitrogens with zero attached hydrogens (tertiary/aromatic N) is 2. The summed E-state index contributed by atoms with van der Waals surface area (Å²) in [6.07, 6.45) is 4.58. The second-order valence-corrected chi connectivity index (χ2v) is 6.36. The quantitative estimate of drug-likeness (QED) is 0.887. The molecule has 0 radical (unpaired) electrons. The highest BCUT2D eigenvalue weighted by Gasteiger charge is 2.16. The maximum absolute atomic E-state index is 11.8. The minimum Gasteiger partial charge on any atom is -0.337 e. The van der Waals surface area contributed by atoms with Crippen LogP contribution in [0.15, 0.2) is 36.0 Å². The lowest BCUT2D eigenvalue weighted by atomic mass is 10.1. The maximum Gasteiger partial charge on any atom is 0.315 e. The smallest absolute Gasteiger partial charge is 0.315 e. The molecular formula is C16H20N4OS. The number of nitrogens with one attached hydrogen (secondary N) is 2. The zero-order valence-corrected chi connectivity index (χ0v) is 13.2. The van der Waals surface area contributed by atoms with Gasteiger partial charge >= 0.3 is 6.03 Å². The summed E-state index contributed by atoms with van der Waals surface area (Å²) in [5.74, 6) is 0. The Balaban J connectivity index is 1.34. The minimum atomic E-state index is -0.120. The summed E-state index contributed by atoms with van der Waals surface area (Å²) < 4.78 is 0. The molecule has 0 atom stereocenters. The first-order valence-corrected chi connectivity index (χ1v) is 8.37. The molecule has 22 heavy (non-hydrogen) atoms. The molecular weight excluding hydrogens is 296 g/mol. The summed E-state index contributed by atoms with van der Waals surface area (Å²) in [6.45, 7) is 4.16. The minimum absolute atomic E-state index is 0.120. The van der Waals surface area contributed by atoms with Crippen molar-refractivity contribution in [2.45, 2.75) is 19.5 Å². The third-order valence-electron chi connectivity index (χ3n) is 3.80. The standard InChI is InChI=1S/C16H20N4OS/c21-16(19-11-13-1-5-17-6-2-13)18-7-9-20-8-3-15-14(12-20)4-10-22-15/h1-2,4-6,10H,3,7-9,11-12H2,(H2,18,19,21). The number of hydrogen-bond acceptors (Lipinski definition) is 4. The third-order valence-corrected chi connectivity index (χ3v) is 4.83. The summed E-state index contributed by atoms with van der Waals surface area (Å²) in [7, 11) is 0. The van der Waals surface area contributed by atoms with Crippen molar-refractivity contribution in [3.05, 3.63) is 52.0 Å². The molecule has 0 fully saturated rings. The van der Waals surface area contributed by atoms with Crippen LogP contribution in [0.3, 0.4) is 0 Å². The number of pyridine rings is 1. The van der Waals surface area contributed by atoms with Crippen molar-refractivity contribution in [3.8, 4) is 0 Å². The number of amides is 2. The van der Waals surface area contributed by atoms with Crippen LogP contribution in [0.4, 0.5) is 4.79 Å². The number of aromatic nitrogens is 1. The summed E-state index contributed by atoms with van der Waals surface area (Å²) in [5, 5.41) is 7.93. The molecule has 0 saturated heterocycles.